The van der Waals surface area contributed by atoms with Crippen LogP contribution in [0.25, 0.3) is 0 Å². The van der Waals surface area contributed by atoms with E-state index in [0.717, 1.165) is 19.4 Å². The molecule has 1 aliphatic rings. The molecule has 6 nitrogen and oxygen atoms in total. The number of carbonyl (C=O) groups excluding carboxylic acids is 2. The molecule has 3 N–H and O–H groups in total. The van der Waals surface area contributed by atoms with Gasteiger partial charge in [-0.05, 0) is 49.3 Å². The zero-order valence-corrected chi connectivity index (χ0v) is 16.6. The smallest absolute Gasteiger partial charge is 0.258 e. The fraction of sp³-hybridized carbons (Fsp3) is 0.250. The zero-order chi connectivity index (χ0) is 19.9. The molecule has 28 heavy (non-hydrogen) atoms. The number of ether oxygens (including phenoxy) is 1. The van der Waals surface area contributed by atoms with Crippen molar-refractivity contribution in [2.24, 2.45) is 0 Å². The average molecular weight is 418 g/mol. The molecule has 1 heterocycles. The van der Waals surface area contributed by atoms with E-state index >= 15 is 0 Å². The number of hydrogen-bond donors (Lipinski definition) is 3. The second-order valence-electron chi connectivity index (χ2n) is 6.28. The van der Waals surface area contributed by atoms with E-state index in [0.29, 0.717) is 28.4 Å². The molecule has 1 aliphatic heterocycles. The van der Waals surface area contributed by atoms with Gasteiger partial charge in [0.2, 0.25) is 0 Å². The fourth-order valence-corrected chi connectivity index (χ4v) is 3.29. The minimum absolute atomic E-state index is 0.0556. The van der Waals surface area contributed by atoms with E-state index in [4.69, 9.17) is 28.6 Å². The molecule has 0 radical (unpaired) electrons. The van der Waals surface area contributed by atoms with Crippen LogP contribution in [-0.2, 0) is 4.74 Å². The first kappa shape index (κ1) is 20.3. The second kappa shape index (κ2) is 9.64. The molecule has 0 aromatic heterocycles. The van der Waals surface area contributed by atoms with E-state index in [2.05, 4.69) is 16.0 Å². The largest absolute Gasteiger partial charge is 0.376 e. The highest BCUT2D eigenvalue weighted by Crippen LogP contribution is 2.17. The number of para-hydroxylation sites is 1. The van der Waals surface area contributed by atoms with Crippen LogP contribution in [0.1, 0.15) is 33.6 Å². The summed E-state index contributed by atoms with van der Waals surface area (Å²) in [7, 11) is 0. The van der Waals surface area contributed by atoms with Crippen molar-refractivity contribution in [1.82, 2.24) is 10.6 Å². The lowest BCUT2D eigenvalue weighted by Crippen LogP contribution is -2.36. The highest BCUT2D eigenvalue weighted by atomic mass is 35.5. The highest BCUT2D eigenvalue weighted by Gasteiger charge is 2.18. The van der Waals surface area contributed by atoms with E-state index < -0.39 is 5.91 Å². The Kier molecular flexibility index (Phi) is 6.97. The van der Waals surface area contributed by atoms with Crippen LogP contribution < -0.4 is 16.0 Å². The molecule has 1 fully saturated rings. The number of benzene rings is 2. The first-order valence-corrected chi connectivity index (χ1v) is 9.69. The molecule has 3 rings (SSSR count). The highest BCUT2D eigenvalue weighted by molar-refractivity contribution is 7.80. The van der Waals surface area contributed by atoms with Gasteiger partial charge in [-0.3, -0.25) is 14.9 Å². The number of halogens is 1. The number of anilines is 1. The Morgan fingerprint density at radius 1 is 1.07 bits per heavy atom. The van der Waals surface area contributed by atoms with Crippen LogP contribution in [0.3, 0.4) is 0 Å². The van der Waals surface area contributed by atoms with Gasteiger partial charge in [-0.25, -0.2) is 0 Å². The Labute approximate surface area is 173 Å². The molecular weight excluding hydrogens is 398 g/mol. The molecule has 1 unspecified atom stereocenters. The van der Waals surface area contributed by atoms with Gasteiger partial charge >= 0.3 is 0 Å². The third-order valence-corrected chi connectivity index (χ3v) is 4.81. The third kappa shape index (κ3) is 5.28. The quantitative estimate of drug-likeness (QED) is 0.650. The first-order valence-electron chi connectivity index (χ1n) is 8.90. The zero-order valence-electron chi connectivity index (χ0n) is 15.0. The lowest BCUT2D eigenvalue weighted by atomic mass is 10.1. The molecule has 2 amide bonds. The Hall–Kier alpha value is -2.48. The van der Waals surface area contributed by atoms with Gasteiger partial charge in [0.15, 0.2) is 5.11 Å². The maximum atomic E-state index is 12.5. The average Bonchev–Trinajstić information content (AvgIpc) is 3.20. The van der Waals surface area contributed by atoms with Crippen molar-refractivity contribution in [3.8, 4) is 0 Å². The number of nitrogens with one attached hydrogen (secondary N) is 3. The summed E-state index contributed by atoms with van der Waals surface area (Å²) in [4.78, 5) is 24.9. The minimum atomic E-state index is -0.427. The van der Waals surface area contributed by atoms with Crippen molar-refractivity contribution in [1.29, 1.82) is 0 Å². The first-order chi connectivity index (χ1) is 13.5. The number of carbonyl (C=O) groups is 2. The topological polar surface area (TPSA) is 79.5 Å². The molecule has 2 aromatic rings. The molecule has 1 atom stereocenters. The molecule has 8 heteroatoms. The lowest BCUT2D eigenvalue weighted by molar-refractivity contribution is 0.0858. The molecule has 0 spiro atoms. The van der Waals surface area contributed by atoms with Gasteiger partial charge in [0.25, 0.3) is 11.8 Å². The summed E-state index contributed by atoms with van der Waals surface area (Å²) < 4.78 is 5.52. The molecular formula is C20H20ClN3O3S. The number of rotatable bonds is 5. The van der Waals surface area contributed by atoms with E-state index in [1.165, 1.54) is 0 Å². The van der Waals surface area contributed by atoms with Crippen molar-refractivity contribution in [2.75, 3.05) is 18.5 Å². The van der Waals surface area contributed by atoms with Crippen LogP contribution in [-0.4, -0.2) is 36.2 Å². The van der Waals surface area contributed by atoms with E-state index in [9.17, 15) is 9.59 Å². The summed E-state index contributed by atoms with van der Waals surface area (Å²) in [6.45, 7) is 1.19. The van der Waals surface area contributed by atoms with Gasteiger partial charge in [0.05, 0.1) is 27.9 Å². The van der Waals surface area contributed by atoms with Gasteiger partial charge in [-0.2, -0.15) is 0 Å². The summed E-state index contributed by atoms with van der Waals surface area (Å²) >= 11 is 11.2. The predicted molar refractivity (Wildman–Crippen MR) is 113 cm³/mol. The molecule has 2 aromatic carbocycles. The third-order valence-electron chi connectivity index (χ3n) is 4.28. The Bertz CT molecular complexity index is 885. The van der Waals surface area contributed by atoms with Gasteiger partial charge in [-0.15, -0.1) is 0 Å². The van der Waals surface area contributed by atoms with Gasteiger partial charge < -0.3 is 15.4 Å². The van der Waals surface area contributed by atoms with Crippen LogP contribution in [0, 0.1) is 0 Å². The van der Waals surface area contributed by atoms with E-state index in [1.54, 1.807) is 48.5 Å². The van der Waals surface area contributed by atoms with Crippen molar-refractivity contribution < 1.29 is 14.3 Å². The maximum absolute atomic E-state index is 12.5. The Balaban J connectivity index is 1.62. The summed E-state index contributed by atoms with van der Waals surface area (Å²) in [5.41, 5.74) is 1.24. The molecule has 0 saturated carbocycles. The van der Waals surface area contributed by atoms with Gasteiger partial charge in [0.1, 0.15) is 0 Å². The molecule has 1 saturated heterocycles. The van der Waals surface area contributed by atoms with Crippen LogP contribution in [0.2, 0.25) is 5.02 Å². The number of hydrogen-bond acceptors (Lipinski definition) is 4. The van der Waals surface area contributed by atoms with Crippen molar-refractivity contribution >= 4 is 46.4 Å². The number of thiocarbonyl (C=S) groups is 1. The minimum Gasteiger partial charge on any atom is -0.376 e. The van der Waals surface area contributed by atoms with Crippen LogP contribution in [0.5, 0.6) is 0 Å². The molecule has 0 aliphatic carbocycles. The number of amides is 2. The van der Waals surface area contributed by atoms with Crippen molar-refractivity contribution in [3.05, 3.63) is 64.7 Å². The van der Waals surface area contributed by atoms with Crippen molar-refractivity contribution in [2.45, 2.75) is 18.9 Å². The van der Waals surface area contributed by atoms with Crippen LogP contribution in [0.15, 0.2) is 48.5 Å². The SMILES string of the molecule is O=C(NC(=S)Nc1ccccc1C(=O)NCC1CCCO1)c1ccccc1Cl. The monoisotopic (exact) mass is 417 g/mol. The van der Waals surface area contributed by atoms with Crippen LogP contribution >= 0.6 is 23.8 Å². The van der Waals surface area contributed by atoms with Gasteiger partial charge in [0, 0.05) is 13.2 Å². The van der Waals surface area contributed by atoms with Gasteiger partial charge in [-0.1, -0.05) is 35.9 Å². The fourth-order valence-electron chi connectivity index (χ4n) is 2.87. The summed E-state index contributed by atoms with van der Waals surface area (Å²) in [6.07, 6.45) is 2.01. The Morgan fingerprint density at radius 2 is 1.79 bits per heavy atom. The normalized spacial score (nSPS) is 15.7. The summed E-state index contributed by atoms with van der Waals surface area (Å²) in [5, 5.41) is 8.76. The van der Waals surface area contributed by atoms with Crippen molar-refractivity contribution in [3.63, 3.8) is 0 Å². The maximum Gasteiger partial charge on any atom is 0.258 e. The molecule has 146 valence electrons. The summed E-state index contributed by atoms with van der Waals surface area (Å²) in [6, 6.07) is 13.6. The lowest BCUT2D eigenvalue weighted by Gasteiger charge is -2.15. The molecule has 0 bridgehead atoms. The second-order valence-corrected chi connectivity index (χ2v) is 7.09. The van der Waals surface area contributed by atoms with Crippen LogP contribution in [0.4, 0.5) is 5.69 Å². The Morgan fingerprint density at radius 3 is 2.50 bits per heavy atom. The summed E-state index contributed by atoms with van der Waals surface area (Å²) in [5.74, 6) is -0.665. The predicted octanol–water partition coefficient (Wildman–Crippen LogP) is 3.38. The van der Waals surface area contributed by atoms with E-state index in [-0.39, 0.29) is 17.1 Å². The van der Waals surface area contributed by atoms with E-state index in [1.807, 2.05) is 0 Å². The standard InChI is InChI=1S/C20H20ClN3O3S/c21-16-9-3-1-7-14(16)19(26)24-20(28)23-17-10-4-2-8-15(17)18(25)22-12-13-6-5-11-27-13/h1-4,7-10,13H,5-6,11-12H2,(H,22,25)(H2,23,24,26,28).